The molecule has 28 nitrogen and oxygen atoms in total. The molecule has 4 aromatic heterocycles. The Kier molecular flexibility index (Phi) is 37.9. The van der Waals surface area contributed by atoms with E-state index in [2.05, 4.69) is 111 Å². The number of benzene rings is 6. The molecule has 700 valence electrons. The number of esters is 1. The van der Waals surface area contributed by atoms with Crippen molar-refractivity contribution in [2.45, 2.75) is 218 Å². The molecule has 10 aromatic rings. The normalized spacial score (nSPS) is 15.6. The van der Waals surface area contributed by atoms with Gasteiger partial charge in [0.2, 0.25) is 46.8 Å². The van der Waals surface area contributed by atoms with Crippen LogP contribution in [0.15, 0.2) is 141 Å². The molecule has 0 spiro atoms. The van der Waals surface area contributed by atoms with Crippen LogP contribution in [0.1, 0.15) is 182 Å². The maximum Gasteiger partial charge on any atom is 1.00 e. The monoisotopic (exact) mass is 1880 g/mol. The second-order valence-electron chi connectivity index (χ2n) is 35.8. The number of aryl methyl sites for hydroxylation is 8. The predicted molar refractivity (Wildman–Crippen MR) is 515 cm³/mol. The minimum absolute atomic E-state index is 0. The summed E-state index contributed by atoms with van der Waals surface area (Å²) in [6.07, 6.45) is 3.17. The van der Waals surface area contributed by atoms with Gasteiger partial charge in [-0.3, -0.25) is 33.6 Å². The molecule has 2 saturated heterocycles. The topological polar surface area (TPSA) is 345 Å². The van der Waals surface area contributed by atoms with Crippen LogP contribution in [0.5, 0.6) is 0 Å². The molecule has 2 aliphatic rings. The number of carbonyl (C=O) groups is 7. The Morgan fingerprint density at radius 1 is 0.534 bits per heavy atom. The average Bonchev–Trinajstić information content (AvgIpc) is 1.77. The zero-order chi connectivity index (χ0) is 94.9. The third kappa shape index (κ3) is 27.1. The fourth-order valence-electron chi connectivity index (χ4n) is 16.6. The largest absolute Gasteiger partial charge is 1.00 e. The predicted octanol–water partition coefficient (Wildman–Crippen LogP) is 16.6. The first-order chi connectivity index (χ1) is 62.3. The van der Waals surface area contributed by atoms with Crippen molar-refractivity contribution in [2.75, 3.05) is 62.4 Å². The number of β-amino-alcohol motifs (C(OH)–C–C–N with tert-alkyl or cyclic N) is 1. The van der Waals surface area contributed by atoms with Crippen LogP contribution in [0.25, 0.3) is 52.8 Å². The molecule has 0 radical (unpaired) electrons. The summed E-state index contributed by atoms with van der Waals surface area (Å²) >= 11 is 16.2. The van der Waals surface area contributed by atoms with Crippen LogP contribution in [0.3, 0.4) is 0 Å². The SMILES string of the molecule is [C-]#[N+]c1ccc(N(CCCCCOCC(=O)N[C@H](C(=O)N2C[C@H](O)C[C@H]2C(=O)N[C@@H](C)c2ccc(-c3scnc3C)cc2)C(C)(C)C)c2cc(-c3c(C)noc3C)ccc2C)cc1Cl.[C-]#[N+]c1ccc(N(CCCCCOCC(=O)N[C@H](C(=O)N2C[C@H](OC(C)=O)C[C@H]2C(=O)N[C@@H](C)c2ccc(-c3scnc3C)cc2)C(C)(C)C)c2cc(-c3c(C)noc3C)ccc2C)cc1Cl.[Li+].[OH-]. The number of likely N-dealkylation sites (tertiary alicyclic amines) is 2. The van der Waals surface area contributed by atoms with E-state index < -0.39 is 76.8 Å². The summed E-state index contributed by atoms with van der Waals surface area (Å²) < 4.78 is 28.1. The quantitative estimate of drug-likeness (QED) is 0.0107. The van der Waals surface area contributed by atoms with Gasteiger partial charge in [-0.1, -0.05) is 160 Å². The number of anilines is 4. The molecule has 12 rings (SSSR count). The molecule has 2 fully saturated rings. The third-order valence-electron chi connectivity index (χ3n) is 23.6. The van der Waals surface area contributed by atoms with E-state index in [-0.39, 0.29) is 87.4 Å². The molecule has 133 heavy (non-hydrogen) atoms. The van der Waals surface area contributed by atoms with E-state index in [4.69, 9.17) is 59.6 Å². The molecule has 0 unspecified atom stereocenters. The molecule has 2 aliphatic heterocycles. The Hall–Kier alpha value is -11.1. The van der Waals surface area contributed by atoms with Crippen molar-refractivity contribution in [1.82, 2.24) is 51.3 Å². The number of aliphatic hydroxyl groups is 1. The van der Waals surface area contributed by atoms with Crippen molar-refractivity contribution in [3.63, 3.8) is 0 Å². The first-order valence-electron chi connectivity index (χ1n) is 44.1. The zero-order valence-corrected chi connectivity index (χ0v) is 82.1. The molecule has 0 aliphatic carbocycles. The molecular formula is C100H119Cl2LiN14O14S2. The Balaban J connectivity index is 0.000000295. The van der Waals surface area contributed by atoms with E-state index in [9.17, 15) is 38.7 Å². The zero-order valence-electron chi connectivity index (χ0n) is 79.0. The minimum atomic E-state index is -1.00. The Labute approximate surface area is 809 Å². The number of aromatic nitrogens is 4. The van der Waals surface area contributed by atoms with Crippen molar-refractivity contribution in [3.8, 4) is 43.1 Å². The molecular weight excluding hydrogens is 1760 g/mol. The van der Waals surface area contributed by atoms with Gasteiger partial charge in [0, 0.05) is 96.5 Å². The van der Waals surface area contributed by atoms with Gasteiger partial charge in [-0.05, 0) is 199 Å². The van der Waals surface area contributed by atoms with Gasteiger partial charge in [-0.2, -0.15) is 0 Å². The second kappa shape index (κ2) is 47.7. The third-order valence-corrected chi connectivity index (χ3v) is 26.2. The number of ether oxygens (including phenoxy) is 3. The summed E-state index contributed by atoms with van der Waals surface area (Å²) in [5.41, 5.74) is 20.1. The number of rotatable bonds is 35. The summed E-state index contributed by atoms with van der Waals surface area (Å²) in [4.78, 5) is 120. The van der Waals surface area contributed by atoms with Gasteiger partial charge in [-0.15, -0.1) is 22.7 Å². The van der Waals surface area contributed by atoms with Gasteiger partial charge in [0.15, 0.2) is 0 Å². The van der Waals surface area contributed by atoms with Gasteiger partial charge in [0.25, 0.3) is 0 Å². The Morgan fingerprint density at radius 3 is 1.28 bits per heavy atom. The van der Waals surface area contributed by atoms with Crippen molar-refractivity contribution in [1.29, 1.82) is 0 Å². The number of halogens is 2. The first kappa shape index (κ1) is 106. The number of hydrogen-bond acceptors (Lipinski definition) is 22. The Morgan fingerprint density at radius 2 is 0.925 bits per heavy atom. The van der Waals surface area contributed by atoms with E-state index in [0.717, 1.165) is 148 Å². The minimum Gasteiger partial charge on any atom is -0.870 e. The molecule has 0 bridgehead atoms. The van der Waals surface area contributed by atoms with E-state index >= 15 is 0 Å². The van der Waals surface area contributed by atoms with E-state index in [1.807, 2.05) is 181 Å². The number of amides is 6. The average molecular weight is 1880 g/mol. The summed E-state index contributed by atoms with van der Waals surface area (Å²) in [7, 11) is 0. The van der Waals surface area contributed by atoms with E-state index in [1.165, 1.54) is 16.7 Å². The van der Waals surface area contributed by atoms with Crippen LogP contribution in [-0.4, -0.2) is 171 Å². The number of aliphatic hydroxyl groups excluding tert-OH is 1. The van der Waals surface area contributed by atoms with Gasteiger partial charge >= 0.3 is 24.8 Å². The van der Waals surface area contributed by atoms with Crippen LogP contribution < -0.4 is 49.9 Å². The summed E-state index contributed by atoms with van der Waals surface area (Å²) in [6, 6.07) is 34.8. The fraction of sp³-hybridized carbons (Fsp3) is 0.430. The van der Waals surface area contributed by atoms with Crippen LogP contribution in [0.2, 0.25) is 10.0 Å². The molecule has 6 aromatic carbocycles. The second-order valence-corrected chi connectivity index (χ2v) is 38.3. The fourth-order valence-corrected chi connectivity index (χ4v) is 18.6. The van der Waals surface area contributed by atoms with Crippen LogP contribution in [-0.2, 0) is 47.8 Å². The van der Waals surface area contributed by atoms with Crippen molar-refractivity contribution >= 4 is 121 Å². The van der Waals surface area contributed by atoms with Crippen molar-refractivity contribution in [3.05, 3.63) is 222 Å². The molecule has 6 amide bonds. The number of thiazole rings is 2. The first-order valence-corrected chi connectivity index (χ1v) is 46.6. The molecule has 6 heterocycles. The molecule has 0 saturated carbocycles. The summed E-state index contributed by atoms with van der Waals surface area (Å²) in [5.74, 6) is -1.58. The van der Waals surface area contributed by atoms with Gasteiger partial charge in [-0.25, -0.2) is 19.7 Å². The van der Waals surface area contributed by atoms with Crippen LogP contribution in [0.4, 0.5) is 34.1 Å². The van der Waals surface area contributed by atoms with Crippen LogP contribution >= 0.6 is 45.9 Å². The summed E-state index contributed by atoms with van der Waals surface area (Å²) in [6.45, 7) is 48.2. The van der Waals surface area contributed by atoms with Crippen LogP contribution in [0, 0.1) is 79.4 Å². The van der Waals surface area contributed by atoms with E-state index in [0.29, 0.717) is 60.6 Å². The van der Waals surface area contributed by atoms with Gasteiger partial charge < -0.3 is 74.7 Å². The molecule has 33 heteroatoms. The smallest absolute Gasteiger partial charge is 0.870 e. The Bertz CT molecular complexity index is 5780. The number of hydrogen-bond donors (Lipinski definition) is 5. The number of nitrogens with zero attached hydrogens (tertiary/aromatic N) is 10. The molecule has 8 atom stereocenters. The number of carbonyl (C=O) groups excluding carboxylic acids is 7. The maximum absolute atomic E-state index is 14.4. The van der Waals surface area contributed by atoms with Gasteiger partial charge in [0.05, 0.1) is 81.4 Å². The van der Waals surface area contributed by atoms with Crippen molar-refractivity contribution in [2.24, 2.45) is 10.8 Å². The van der Waals surface area contributed by atoms with Crippen molar-refractivity contribution < 1.29 is 86.3 Å². The number of unbranched alkanes of at least 4 members (excludes halogenated alkanes) is 4. The summed E-state index contributed by atoms with van der Waals surface area (Å²) in [5, 5.41) is 31.6. The van der Waals surface area contributed by atoms with E-state index in [1.54, 1.807) is 34.8 Å². The van der Waals surface area contributed by atoms with Gasteiger partial charge in [0.1, 0.15) is 55.0 Å². The standard InChI is InChI=1S/C51H60ClN7O7S.C49H58ClN7O6S.Li.H2O/c1-30-14-15-38(46-32(3)57-66-34(46)5)24-43(30)58(39-20-21-42(53-10)41(52)25-39)22-12-11-13-23-64-28-45(61)56-48(51(7,8)9)50(63)59-27-40(65-35(6)60)26-44(59)49(62)55-31(2)36-16-18-37(19-17-36)47-33(4)54-29-67-47;1-29-13-14-36(44-31(3)55-63-33(44)5)23-41(29)56(37-19-20-40(51-9)39(50)24-37)21-11-10-12-22-62-27-43(59)54-46(49(6,7)8)48(61)57-26-38(58)25-42(57)47(60)53-30(2)34-15-17-35(18-16-34)45-32(4)52-28-64-45;;/h14-21,24-25,29,31,40,44,48H,11-13,22-23,26-28H2,1-9H3,(H,55,62)(H,56,61);13-20,23-24,28,30,38,42,46,58H,10-12,21-22,25-27H2,1-8H3,(H,53,60)(H,54,59);;1H2/q;;+1;/p-1/t31-,40+,44-,48+;30-,38+,42-,46+;;/m00../s1. The number of nitrogens with one attached hydrogen (secondary N) is 4. The molecule has 6 N–H and O–H groups in total. The maximum atomic E-state index is 14.4.